The molecule has 0 radical (unpaired) electrons. The minimum Gasteiger partial charge on any atom is -0.480 e. The van der Waals surface area contributed by atoms with E-state index in [4.69, 9.17) is 21.4 Å². The van der Waals surface area contributed by atoms with Crippen LogP contribution in [0.15, 0.2) is 73.1 Å². The molecule has 2 aromatic heterocycles. The van der Waals surface area contributed by atoms with Crippen LogP contribution in [0.2, 0.25) is 5.02 Å². The highest BCUT2D eigenvalue weighted by molar-refractivity contribution is 6.41. The molecule has 5 N–H and O–H groups in total. The van der Waals surface area contributed by atoms with Crippen molar-refractivity contribution in [1.29, 1.82) is 0 Å². The number of likely N-dealkylation sites (tertiary alicyclic amines) is 1. The number of nitrogens with one attached hydrogen (secondary N) is 3. The zero-order valence-electron chi connectivity index (χ0n) is 30.0. The highest BCUT2D eigenvalue weighted by atomic mass is 35.5. The van der Waals surface area contributed by atoms with E-state index in [2.05, 4.69) is 31.1 Å². The number of amides is 5. The molecule has 2 saturated heterocycles. The number of carbonyl (C=O) groups is 6. The largest absolute Gasteiger partial charge is 0.480 e. The molecule has 0 spiro atoms. The summed E-state index contributed by atoms with van der Waals surface area (Å²) in [6, 6.07) is 16.2. The van der Waals surface area contributed by atoms with E-state index in [0.717, 1.165) is 0 Å². The van der Waals surface area contributed by atoms with Gasteiger partial charge in [0.2, 0.25) is 5.91 Å². The number of halogens is 1. The Hall–Kier alpha value is -6.86. The number of aromatic nitrogens is 5. The number of hydrogen-bond donors (Lipinski definition) is 5. The summed E-state index contributed by atoms with van der Waals surface area (Å²) in [5, 5.41) is 36.0. The fraction of sp³-hybridized carbons (Fsp3) is 0.270. The Balaban J connectivity index is 1.09. The van der Waals surface area contributed by atoms with E-state index in [1.807, 2.05) is 0 Å². The van der Waals surface area contributed by atoms with E-state index in [0.29, 0.717) is 70.2 Å². The van der Waals surface area contributed by atoms with Crippen LogP contribution in [0.5, 0.6) is 0 Å². The van der Waals surface area contributed by atoms with Crippen molar-refractivity contribution in [3.05, 3.63) is 89.3 Å². The van der Waals surface area contributed by atoms with Crippen LogP contribution in [0.3, 0.4) is 0 Å². The SMILES string of the molecule is O=C(O)COC1CCN(C(=O)Nc2ccc(CC(C(=O)Nc3ccc4[nH]c(C(=O)O)cc4c3)N3CCN(c4cc(Cl)ccc4-n4cnnn4)C(=O)C3=O)cc2)CC1. The van der Waals surface area contributed by atoms with Crippen LogP contribution < -0.4 is 15.5 Å². The van der Waals surface area contributed by atoms with Crippen molar-refractivity contribution >= 4 is 75.3 Å². The summed E-state index contributed by atoms with van der Waals surface area (Å²) in [6.45, 7) is 0.357. The smallest absolute Gasteiger partial charge is 0.352 e. The summed E-state index contributed by atoms with van der Waals surface area (Å²) in [5.74, 6) is -4.62. The average Bonchev–Trinajstić information content (AvgIpc) is 3.89. The summed E-state index contributed by atoms with van der Waals surface area (Å²) in [5.41, 5.74) is 2.66. The molecular formula is C37H35ClN10O9. The average molecular weight is 799 g/mol. The molecule has 20 heteroatoms. The summed E-state index contributed by atoms with van der Waals surface area (Å²) in [6.07, 6.45) is 2.09. The van der Waals surface area contributed by atoms with Gasteiger partial charge in [0.15, 0.2) is 0 Å². The highest BCUT2D eigenvalue weighted by Crippen LogP contribution is 2.30. The third kappa shape index (κ3) is 8.68. The van der Waals surface area contributed by atoms with Crippen LogP contribution in [0, 0.1) is 0 Å². The van der Waals surface area contributed by atoms with Crippen molar-refractivity contribution in [3.63, 3.8) is 0 Å². The normalized spacial score (nSPS) is 15.5. The predicted molar refractivity (Wildman–Crippen MR) is 203 cm³/mol. The number of tetrazole rings is 1. The standard InChI is InChI=1S/C37H35ClN10O9/c38-23-3-8-29(48-20-39-43-44-48)30(18-23)46-13-14-47(35(53)34(46)52)31(33(51)40-25-6-7-27-22(16-25)17-28(42-27)36(54)55)15-21-1-4-24(5-2-21)41-37(56)45-11-9-26(10-12-45)57-19-32(49)50/h1-8,16-18,20,26,31,42H,9-15,19H2,(H,40,51)(H,41,56)(H,49,50)(H,54,55). The molecule has 2 aliphatic heterocycles. The molecule has 1 atom stereocenters. The number of urea groups is 1. The van der Waals surface area contributed by atoms with E-state index >= 15 is 0 Å². The van der Waals surface area contributed by atoms with E-state index in [9.17, 15) is 33.9 Å². The minimum absolute atomic E-state index is 0.00496. The molecule has 5 aromatic rings. The van der Waals surface area contributed by atoms with Crippen LogP contribution >= 0.6 is 11.6 Å². The van der Waals surface area contributed by atoms with Crippen molar-refractivity contribution in [1.82, 2.24) is 35.0 Å². The van der Waals surface area contributed by atoms with Gasteiger partial charge in [0.1, 0.15) is 24.7 Å². The van der Waals surface area contributed by atoms with Crippen molar-refractivity contribution in [2.45, 2.75) is 31.4 Å². The molecule has 3 aromatic carbocycles. The lowest BCUT2D eigenvalue weighted by molar-refractivity contribution is -0.149. The van der Waals surface area contributed by atoms with E-state index < -0.39 is 42.3 Å². The molecule has 1 unspecified atom stereocenters. The maximum Gasteiger partial charge on any atom is 0.352 e. The first-order valence-corrected chi connectivity index (χ1v) is 18.1. The maximum absolute atomic E-state index is 14.1. The van der Waals surface area contributed by atoms with Crippen LogP contribution in [0.25, 0.3) is 16.6 Å². The fourth-order valence-corrected chi connectivity index (χ4v) is 6.98. The lowest BCUT2D eigenvalue weighted by atomic mass is 10.0. The number of benzene rings is 3. The lowest BCUT2D eigenvalue weighted by Gasteiger charge is -2.38. The number of hydrogen-bond acceptors (Lipinski definition) is 10. The van der Waals surface area contributed by atoms with Gasteiger partial charge in [0, 0.05) is 59.9 Å². The Morgan fingerprint density at radius 2 is 1.63 bits per heavy atom. The molecule has 0 bridgehead atoms. The zero-order valence-corrected chi connectivity index (χ0v) is 30.8. The van der Waals surface area contributed by atoms with E-state index in [1.54, 1.807) is 59.5 Å². The summed E-state index contributed by atoms with van der Waals surface area (Å²) in [4.78, 5) is 84.1. The number of piperidine rings is 1. The first-order valence-electron chi connectivity index (χ1n) is 17.7. The number of anilines is 3. The minimum atomic E-state index is -1.18. The van der Waals surface area contributed by atoms with Gasteiger partial charge in [0.05, 0.1) is 17.5 Å². The van der Waals surface area contributed by atoms with Crippen molar-refractivity contribution in [3.8, 4) is 5.69 Å². The summed E-state index contributed by atoms with van der Waals surface area (Å²) >= 11 is 6.30. The quantitative estimate of drug-likeness (QED) is 0.114. The Morgan fingerprint density at radius 3 is 2.33 bits per heavy atom. The van der Waals surface area contributed by atoms with Crippen LogP contribution in [-0.4, -0.2) is 126 Å². The number of carboxylic acids is 2. The van der Waals surface area contributed by atoms with Gasteiger partial charge in [-0.1, -0.05) is 23.7 Å². The highest BCUT2D eigenvalue weighted by Gasteiger charge is 2.41. The Labute approximate surface area is 328 Å². The van der Waals surface area contributed by atoms with Gasteiger partial charge in [-0.25, -0.2) is 14.4 Å². The van der Waals surface area contributed by atoms with Crippen LogP contribution in [-0.2, 0) is 30.3 Å². The monoisotopic (exact) mass is 798 g/mol. The Bertz CT molecular complexity index is 2340. The van der Waals surface area contributed by atoms with Gasteiger partial charge >= 0.3 is 29.8 Å². The van der Waals surface area contributed by atoms with Gasteiger partial charge in [-0.05, 0) is 83.4 Å². The second-order valence-corrected chi connectivity index (χ2v) is 13.8. The first kappa shape index (κ1) is 38.4. The van der Waals surface area contributed by atoms with E-state index in [1.165, 1.54) is 32.9 Å². The number of nitrogens with zero attached hydrogens (tertiary/aromatic N) is 7. The Kier molecular flexibility index (Phi) is 11.1. The topological polar surface area (TPSA) is 245 Å². The number of H-pyrrole nitrogens is 1. The second-order valence-electron chi connectivity index (χ2n) is 13.4. The van der Waals surface area contributed by atoms with Crippen LogP contribution in [0.4, 0.5) is 21.9 Å². The second kappa shape index (κ2) is 16.5. The first-order chi connectivity index (χ1) is 27.4. The van der Waals surface area contributed by atoms with Gasteiger partial charge < -0.3 is 45.3 Å². The fourth-order valence-electron chi connectivity index (χ4n) is 6.81. The molecule has 7 rings (SSSR count). The van der Waals surface area contributed by atoms with Crippen LogP contribution in [0.1, 0.15) is 28.9 Å². The molecule has 4 heterocycles. The molecule has 2 fully saturated rings. The lowest BCUT2D eigenvalue weighted by Crippen LogP contribution is -2.60. The number of carbonyl (C=O) groups excluding carboxylic acids is 4. The molecule has 57 heavy (non-hydrogen) atoms. The van der Waals surface area contributed by atoms with E-state index in [-0.39, 0.29) is 37.3 Å². The number of aliphatic carboxylic acids is 1. The number of rotatable bonds is 12. The van der Waals surface area contributed by atoms with Gasteiger partial charge in [-0.15, -0.1) is 5.10 Å². The summed E-state index contributed by atoms with van der Waals surface area (Å²) in [7, 11) is 0. The van der Waals surface area contributed by atoms with Gasteiger partial charge in [0.25, 0.3) is 0 Å². The molecule has 19 nitrogen and oxygen atoms in total. The van der Waals surface area contributed by atoms with Crippen molar-refractivity contribution < 1.29 is 43.7 Å². The molecular weight excluding hydrogens is 764 g/mol. The number of aromatic amines is 1. The number of piperazine rings is 1. The maximum atomic E-state index is 14.1. The number of carboxylic acid groups (broad SMARTS) is 2. The molecule has 0 saturated carbocycles. The molecule has 2 aliphatic rings. The number of aromatic carboxylic acids is 1. The number of ether oxygens (including phenoxy) is 1. The third-order valence-corrected chi connectivity index (χ3v) is 9.92. The van der Waals surface area contributed by atoms with Gasteiger partial charge in [-0.3, -0.25) is 14.4 Å². The molecule has 0 aliphatic carbocycles. The molecule has 5 amide bonds. The van der Waals surface area contributed by atoms with Crippen molar-refractivity contribution in [2.75, 3.05) is 48.3 Å². The molecule has 294 valence electrons. The van der Waals surface area contributed by atoms with Crippen molar-refractivity contribution in [2.24, 2.45) is 0 Å². The van der Waals surface area contributed by atoms with Gasteiger partial charge in [-0.2, -0.15) is 4.68 Å². The third-order valence-electron chi connectivity index (χ3n) is 9.68. The zero-order chi connectivity index (χ0) is 40.2. The predicted octanol–water partition coefficient (Wildman–Crippen LogP) is 3.02. The summed E-state index contributed by atoms with van der Waals surface area (Å²) < 4.78 is 6.69. The Morgan fingerprint density at radius 1 is 0.877 bits per heavy atom. The number of fused-ring (bicyclic) bond motifs is 1.